The molecule has 3 heteroatoms. The Morgan fingerprint density at radius 1 is 1.42 bits per heavy atom. The minimum atomic E-state index is -0.267. The van der Waals surface area contributed by atoms with Crippen molar-refractivity contribution in [3.8, 4) is 11.8 Å². The number of rotatable bonds is 6. The second-order valence-electron chi connectivity index (χ2n) is 5.76. The highest BCUT2D eigenvalue weighted by Gasteiger charge is 2.15. The van der Waals surface area contributed by atoms with Crippen molar-refractivity contribution in [1.29, 1.82) is 5.26 Å². The van der Waals surface area contributed by atoms with Crippen LogP contribution in [0.25, 0.3) is 0 Å². The second-order valence-corrected chi connectivity index (χ2v) is 5.76. The van der Waals surface area contributed by atoms with E-state index in [1.165, 1.54) is 0 Å². The summed E-state index contributed by atoms with van der Waals surface area (Å²) in [7, 11) is 0. The maximum Gasteiger partial charge on any atom is 0.122 e. The van der Waals surface area contributed by atoms with Crippen LogP contribution in [0.2, 0.25) is 0 Å². The number of nitrogens with zero attached hydrogens (tertiary/aromatic N) is 1. The Morgan fingerprint density at radius 2 is 2.11 bits per heavy atom. The van der Waals surface area contributed by atoms with E-state index in [1.807, 2.05) is 39.8 Å². The van der Waals surface area contributed by atoms with Gasteiger partial charge < -0.3 is 10.5 Å². The van der Waals surface area contributed by atoms with Gasteiger partial charge in [-0.2, -0.15) is 5.26 Å². The maximum absolute atomic E-state index is 8.93. The summed E-state index contributed by atoms with van der Waals surface area (Å²) in [5, 5.41) is 8.93. The van der Waals surface area contributed by atoms with Crippen LogP contribution in [0.5, 0.6) is 5.75 Å². The minimum Gasteiger partial charge on any atom is -0.493 e. The Balaban J connectivity index is 2.49. The van der Waals surface area contributed by atoms with Gasteiger partial charge in [-0.1, -0.05) is 12.1 Å². The molecule has 0 aliphatic carbocycles. The quantitative estimate of drug-likeness (QED) is 0.793. The number of aryl methyl sites for hydroxylation is 1. The molecule has 0 saturated carbocycles. The first-order chi connectivity index (χ1) is 8.85. The molecule has 1 rings (SSSR count). The number of hydrogen-bond donors (Lipinski definition) is 1. The van der Waals surface area contributed by atoms with Crippen LogP contribution in [0.15, 0.2) is 18.2 Å². The smallest absolute Gasteiger partial charge is 0.122 e. The lowest BCUT2D eigenvalue weighted by atomic mass is 9.90. The summed E-state index contributed by atoms with van der Waals surface area (Å²) in [4.78, 5) is 0. The van der Waals surface area contributed by atoms with E-state index in [9.17, 15) is 0 Å². The second kappa shape index (κ2) is 6.58. The van der Waals surface area contributed by atoms with Crippen LogP contribution in [0.3, 0.4) is 0 Å². The normalized spacial score (nSPS) is 12.8. The molecule has 0 aliphatic heterocycles. The SMILES string of the molecule is Cc1cc([C@H](C)N)ccc1OCCCC(C)(C)C#N. The predicted octanol–water partition coefficient (Wildman–Crippen LogP) is 3.72. The Hall–Kier alpha value is -1.53. The maximum atomic E-state index is 8.93. The molecule has 0 aliphatic rings. The Kier molecular flexibility index (Phi) is 5.38. The first kappa shape index (κ1) is 15.5. The summed E-state index contributed by atoms with van der Waals surface area (Å²) in [5.41, 5.74) is 7.81. The van der Waals surface area contributed by atoms with Gasteiger partial charge in [0.2, 0.25) is 0 Å². The fourth-order valence-electron chi connectivity index (χ4n) is 1.87. The lowest BCUT2D eigenvalue weighted by molar-refractivity contribution is 0.282. The average molecular weight is 260 g/mol. The molecule has 2 N–H and O–H groups in total. The lowest BCUT2D eigenvalue weighted by Gasteiger charge is -2.16. The summed E-state index contributed by atoms with van der Waals surface area (Å²) in [5.74, 6) is 0.902. The van der Waals surface area contributed by atoms with E-state index in [2.05, 4.69) is 12.1 Å². The van der Waals surface area contributed by atoms with Crippen molar-refractivity contribution in [3.63, 3.8) is 0 Å². The number of nitrogens with two attached hydrogens (primary N) is 1. The number of benzene rings is 1. The Labute approximate surface area is 116 Å². The monoisotopic (exact) mass is 260 g/mol. The van der Waals surface area contributed by atoms with E-state index in [1.54, 1.807) is 0 Å². The summed E-state index contributed by atoms with van der Waals surface area (Å²) in [6.07, 6.45) is 1.73. The highest BCUT2D eigenvalue weighted by molar-refractivity contribution is 5.37. The van der Waals surface area contributed by atoms with Gasteiger partial charge in [-0.15, -0.1) is 0 Å². The fraction of sp³-hybridized carbons (Fsp3) is 0.562. The van der Waals surface area contributed by atoms with Crippen LogP contribution < -0.4 is 10.5 Å². The van der Waals surface area contributed by atoms with Gasteiger partial charge in [-0.25, -0.2) is 0 Å². The van der Waals surface area contributed by atoms with Gasteiger partial charge in [-0.3, -0.25) is 0 Å². The number of nitriles is 1. The molecule has 3 nitrogen and oxygen atoms in total. The zero-order chi connectivity index (χ0) is 14.5. The lowest BCUT2D eigenvalue weighted by Crippen LogP contribution is -2.10. The Morgan fingerprint density at radius 3 is 2.63 bits per heavy atom. The van der Waals surface area contributed by atoms with Crippen LogP contribution in [-0.2, 0) is 0 Å². The molecule has 0 heterocycles. The third-order valence-corrected chi connectivity index (χ3v) is 3.23. The third-order valence-electron chi connectivity index (χ3n) is 3.23. The van der Waals surface area contributed by atoms with Gasteiger partial charge in [0.1, 0.15) is 5.75 Å². The summed E-state index contributed by atoms with van der Waals surface area (Å²) >= 11 is 0. The Bertz CT molecular complexity index is 458. The van der Waals surface area contributed by atoms with Crippen LogP contribution in [0.4, 0.5) is 0 Å². The van der Waals surface area contributed by atoms with E-state index < -0.39 is 0 Å². The van der Waals surface area contributed by atoms with E-state index in [0.29, 0.717) is 6.61 Å². The third kappa shape index (κ3) is 4.92. The van der Waals surface area contributed by atoms with Crippen molar-refractivity contribution in [2.45, 2.75) is 46.6 Å². The van der Waals surface area contributed by atoms with E-state index in [-0.39, 0.29) is 11.5 Å². The molecule has 0 unspecified atom stereocenters. The molecule has 0 aromatic heterocycles. The molecule has 1 atom stereocenters. The van der Waals surface area contributed by atoms with Gasteiger partial charge in [0, 0.05) is 6.04 Å². The highest BCUT2D eigenvalue weighted by atomic mass is 16.5. The van der Waals surface area contributed by atoms with Gasteiger partial charge >= 0.3 is 0 Å². The summed E-state index contributed by atoms with van der Waals surface area (Å²) in [6.45, 7) is 8.55. The van der Waals surface area contributed by atoms with E-state index in [0.717, 1.165) is 29.7 Å². The first-order valence-electron chi connectivity index (χ1n) is 6.76. The molecule has 19 heavy (non-hydrogen) atoms. The van der Waals surface area contributed by atoms with Gasteiger partial charge in [0.05, 0.1) is 18.1 Å². The molecule has 0 spiro atoms. The molecular formula is C16H24N2O. The molecule has 0 amide bonds. The standard InChI is InChI=1S/C16H24N2O/c1-12-10-14(13(2)18)6-7-15(12)19-9-5-8-16(3,4)11-17/h6-7,10,13H,5,8-9,18H2,1-4H3/t13-/m0/s1. The number of hydrogen-bond acceptors (Lipinski definition) is 3. The van der Waals surface area contributed by atoms with Gasteiger partial charge in [0.25, 0.3) is 0 Å². The van der Waals surface area contributed by atoms with E-state index >= 15 is 0 Å². The fourth-order valence-corrected chi connectivity index (χ4v) is 1.87. The largest absolute Gasteiger partial charge is 0.493 e. The van der Waals surface area contributed by atoms with E-state index in [4.69, 9.17) is 15.7 Å². The average Bonchev–Trinajstić information content (AvgIpc) is 2.36. The van der Waals surface area contributed by atoms with Crippen LogP contribution in [0.1, 0.15) is 50.8 Å². The molecule has 0 fully saturated rings. The van der Waals surface area contributed by atoms with Crippen molar-refractivity contribution >= 4 is 0 Å². The minimum absolute atomic E-state index is 0.0455. The van der Waals surface area contributed by atoms with Crippen molar-refractivity contribution in [1.82, 2.24) is 0 Å². The van der Waals surface area contributed by atoms with Gasteiger partial charge in [0.15, 0.2) is 0 Å². The van der Waals surface area contributed by atoms with Crippen molar-refractivity contribution in [2.24, 2.45) is 11.1 Å². The zero-order valence-electron chi connectivity index (χ0n) is 12.4. The summed E-state index contributed by atoms with van der Waals surface area (Å²) < 4.78 is 5.76. The predicted molar refractivity (Wildman–Crippen MR) is 77.9 cm³/mol. The number of ether oxygens (including phenoxy) is 1. The zero-order valence-corrected chi connectivity index (χ0v) is 12.4. The molecule has 0 radical (unpaired) electrons. The van der Waals surface area contributed by atoms with Crippen LogP contribution in [-0.4, -0.2) is 6.61 Å². The molecule has 0 bridgehead atoms. The van der Waals surface area contributed by atoms with Crippen molar-refractivity contribution < 1.29 is 4.74 Å². The molecule has 0 saturated heterocycles. The van der Waals surface area contributed by atoms with Crippen LogP contribution >= 0.6 is 0 Å². The van der Waals surface area contributed by atoms with Crippen LogP contribution in [0, 0.1) is 23.7 Å². The highest BCUT2D eigenvalue weighted by Crippen LogP contribution is 2.24. The van der Waals surface area contributed by atoms with Gasteiger partial charge in [-0.05, 0) is 57.7 Å². The molecule has 1 aromatic carbocycles. The first-order valence-corrected chi connectivity index (χ1v) is 6.76. The topological polar surface area (TPSA) is 59.0 Å². The summed E-state index contributed by atoms with van der Waals surface area (Å²) in [6, 6.07) is 8.40. The molecule has 1 aromatic rings. The van der Waals surface area contributed by atoms with Crippen molar-refractivity contribution in [3.05, 3.63) is 29.3 Å². The molecule has 104 valence electrons. The van der Waals surface area contributed by atoms with Crippen molar-refractivity contribution in [2.75, 3.05) is 6.61 Å². The molecular weight excluding hydrogens is 236 g/mol.